The summed E-state index contributed by atoms with van der Waals surface area (Å²) in [5, 5.41) is 12.1. The number of carbonyl (C=O) groups is 2. The highest BCUT2D eigenvalue weighted by Gasteiger charge is 2.33. The standard InChI is InChI=1S/C27H27N5O2S/c1-16-6-4-7-18(14-16)24-23(29-26(35-24)17-11-12-17)27(34)32-13-5-8-19(15-32)28-25(33)22-20-9-2-3-10-21(20)30-31-22/h2-4,6-7,9-10,14,17,19H,5,8,11-13,15H2,1H3,(H,28,33)(H,30,31). The Morgan fingerprint density at radius 1 is 1.09 bits per heavy atom. The fourth-order valence-electron chi connectivity index (χ4n) is 4.79. The molecule has 2 aromatic carbocycles. The number of hydrogen-bond donors (Lipinski definition) is 2. The van der Waals surface area contributed by atoms with Gasteiger partial charge in [0.15, 0.2) is 5.69 Å². The first-order valence-electron chi connectivity index (χ1n) is 12.2. The quantitative estimate of drug-likeness (QED) is 0.420. The molecule has 7 nitrogen and oxygen atoms in total. The number of hydrogen-bond acceptors (Lipinski definition) is 5. The summed E-state index contributed by atoms with van der Waals surface area (Å²) in [4.78, 5) is 34.3. The van der Waals surface area contributed by atoms with Gasteiger partial charge in [0.2, 0.25) is 0 Å². The molecule has 8 heteroatoms. The van der Waals surface area contributed by atoms with E-state index in [1.54, 1.807) is 11.3 Å². The maximum absolute atomic E-state index is 13.7. The van der Waals surface area contributed by atoms with Gasteiger partial charge < -0.3 is 10.2 Å². The number of aryl methyl sites for hydroxylation is 1. The Morgan fingerprint density at radius 3 is 2.77 bits per heavy atom. The van der Waals surface area contributed by atoms with Crippen LogP contribution in [-0.4, -0.2) is 51.0 Å². The number of benzene rings is 2. The highest BCUT2D eigenvalue weighted by Crippen LogP contribution is 2.45. The van der Waals surface area contributed by atoms with E-state index in [0.29, 0.717) is 30.4 Å². The number of piperidine rings is 1. The van der Waals surface area contributed by atoms with Gasteiger partial charge in [0.25, 0.3) is 11.8 Å². The van der Waals surface area contributed by atoms with Gasteiger partial charge in [-0.25, -0.2) is 4.98 Å². The first-order valence-corrected chi connectivity index (χ1v) is 13.0. The first-order chi connectivity index (χ1) is 17.1. The van der Waals surface area contributed by atoms with Crippen LogP contribution >= 0.6 is 11.3 Å². The van der Waals surface area contributed by atoms with Crippen LogP contribution < -0.4 is 5.32 Å². The van der Waals surface area contributed by atoms with Crippen LogP contribution in [0, 0.1) is 6.92 Å². The second-order valence-corrected chi connectivity index (χ2v) is 10.6. The van der Waals surface area contributed by atoms with Gasteiger partial charge in [0.05, 0.1) is 15.4 Å². The zero-order chi connectivity index (χ0) is 23.9. The van der Waals surface area contributed by atoms with E-state index >= 15 is 0 Å². The summed E-state index contributed by atoms with van der Waals surface area (Å²) in [6.07, 6.45) is 3.95. The Bertz CT molecular complexity index is 1420. The van der Waals surface area contributed by atoms with Crippen molar-refractivity contribution < 1.29 is 9.59 Å². The number of aromatic amines is 1. The van der Waals surface area contributed by atoms with E-state index < -0.39 is 0 Å². The van der Waals surface area contributed by atoms with Crippen molar-refractivity contribution in [3.63, 3.8) is 0 Å². The molecule has 1 saturated heterocycles. The molecule has 2 amide bonds. The number of aromatic nitrogens is 3. The van der Waals surface area contributed by atoms with E-state index in [0.717, 1.165) is 57.6 Å². The monoisotopic (exact) mass is 485 g/mol. The predicted molar refractivity (Wildman–Crippen MR) is 137 cm³/mol. The van der Waals surface area contributed by atoms with E-state index in [1.165, 1.54) is 0 Å². The molecule has 1 saturated carbocycles. The molecule has 0 bridgehead atoms. The number of carbonyl (C=O) groups excluding carboxylic acids is 2. The predicted octanol–water partition coefficient (Wildman–Crippen LogP) is 4.91. The zero-order valence-electron chi connectivity index (χ0n) is 19.6. The number of amides is 2. The number of thiazole rings is 1. The lowest BCUT2D eigenvalue weighted by Crippen LogP contribution is -2.49. The van der Waals surface area contributed by atoms with Crippen molar-refractivity contribution in [1.29, 1.82) is 0 Å². The lowest BCUT2D eigenvalue weighted by Gasteiger charge is -2.33. The van der Waals surface area contributed by atoms with Crippen LogP contribution in [0.2, 0.25) is 0 Å². The summed E-state index contributed by atoms with van der Waals surface area (Å²) in [7, 11) is 0. The minimum atomic E-state index is -0.216. The third kappa shape index (κ3) is 4.34. The summed E-state index contributed by atoms with van der Waals surface area (Å²) in [6.45, 7) is 3.20. The van der Waals surface area contributed by atoms with Crippen LogP contribution in [0.15, 0.2) is 48.5 Å². The number of rotatable bonds is 5. The number of nitrogens with zero attached hydrogens (tertiary/aromatic N) is 3. The van der Waals surface area contributed by atoms with Gasteiger partial charge in [-0.1, -0.05) is 48.0 Å². The van der Waals surface area contributed by atoms with Crippen LogP contribution in [0.5, 0.6) is 0 Å². The summed E-state index contributed by atoms with van der Waals surface area (Å²) in [6, 6.07) is 15.7. The number of fused-ring (bicyclic) bond motifs is 1. The largest absolute Gasteiger partial charge is 0.346 e. The molecule has 1 aliphatic carbocycles. The average molecular weight is 486 g/mol. The first kappa shape index (κ1) is 22.0. The van der Waals surface area contributed by atoms with Crippen LogP contribution in [0.25, 0.3) is 21.3 Å². The van der Waals surface area contributed by atoms with Crippen molar-refractivity contribution in [2.75, 3.05) is 13.1 Å². The van der Waals surface area contributed by atoms with Gasteiger partial charge in [0, 0.05) is 30.4 Å². The Kier molecular flexibility index (Phi) is 5.60. The minimum absolute atomic E-state index is 0.0474. The van der Waals surface area contributed by atoms with Crippen molar-refractivity contribution in [2.45, 2.75) is 44.6 Å². The van der Waals surface area contributed by atoms with Crippen LogP contribution in [-0.2, 0) is 0 Å². The third-order valence-corrected chi connectivity index (χ3v) is 8.05. The maximum atomic E-state index is 13.7. The highest BCUT2D eigenvalue weighted by atomic mass is 32.1. The molecule has 0 radical (unpaired) electrons. The topological polar surface area (TPSA) is 91.0 Å². The molecular formula is C27H27N5O2S. The SMILES string of the molecule is Cc1cccc(-c2sc(C3CC3)nc2C(=O)N2CCCC(NC(=O)c3n[nH]c4ccccc34)C2)c1. The van der Waals surface area contributed by atoms with Crippen molar-refractivity contribution >= 4 is 34.1 Å². The van der Waals surface area contributed by atoms with E-state index in [9.17, 15) is 9.59 Å². The Morgan fingerprint density at radius 2 is 1.94 bits per heavy atom. The van der Waals surface area contributed by atoms with Crippen LogP contribution in [0.1, 0.15) is 63.1 Å². The highest BCUT2D eigenvalue weighted by molar-refractivity contribution is 7.15. The van der Waals surface area contributed by atoms with Crippen molar-refractivity contribution in [3.8, 4) is 10.4 Å². The van der Waals surface area contributed by atoms with Crippen LogP contribution in [0.3, 0.4) is 0 Å². The fourth-order valence-corrected chi connectivity index (χ4v) is 6.01. The lowest BCUT2D eigenvalue weighted by atomic mass is 10.0. The molecule has 1 unspecified atom stereocenters. The number of para-hydroxylation sites is 1. The van der Waals surface area contributed by atoms with E-state index in [1.807, 2.05) is 35.2 Å². The molecule has 2 N–H and O–H groups in total. The van der Waals surface area contributed by atoms with Gasteiger partial charge in [-0.3, -0.25) is 14.7 Å². The zero-order valence-corrected chi connectivity index (χ0v) is 20.4. The molecule has 35 heavy (non-hydrogen) atoms. The van der Waals surface area contributed by atoms with Gasteiger partial charge in [-0.2, -0.15) is 5.10 Å². The molecule has 2 aromatic heterocycles. The third-order valence-electron chi connectivity index (χ3n) is 6.78. The average Bonchev–Trinajstić information content (AvgIpc) is 3.47. The molecule has 0 spiro atoms. The second kappa shape index (κ2) is 8.92. The minimum Gasteiger partial charge on any atom is -0.346 e. The van der Waals surface area contributed by atoms with E-state index in [2.05, 4.69) is 40.6 Å². The normalized spacial score (nSPS) is 18.1. The van der Waals surface area contributed by atoms with Crippen molar-refractivity contribution in [1.82, 2.24) is 25.4 Å². The van der Waals surface area contributed by atoms with E-state index in [4.69, 9.17) is 4.98 Å². The number of likely N-dealkylation sites (tertiary alicyclic amines) is 1. The Balaban J connectivity index is 1.22. The summed E-state index contributed by atoms with van der Waals surface area (Å²) < 4.78 is 0. The molecule has 1 atom stereocenters. The van der Waals surface area contributed by atoms with Gasteiger partial charge in [0.1, 0.15) is 5.69 Å². The van der Waals surface area contributed by atoms with Gasteiger partial charge in [-0.05, 0) is 44.2 Å². The molecule has 2 fully saturated rings. The second-order valence-electron chi connectivity index (χ2n) is 9.56. The smallest absolute Gasteiger partial charge is 0.274 e. The van der Waals surface area contributed by atoms with E-state index in [-0.39, 0.29) is 17.9 Å². The summed E-state index contributed by atoms with van der Waals surface area (Å²) in [5.41, 5.74) is 3.97. The number of H-pyrrole nitrogens is 1. The molecule has 1 aliphatic heterocycles. The van der Waals surface area contributed by atoms with Gasteiger partial charge >= 0.3 is 0 Å². The summed E-state index contributed by atoms with van der Waals surface area (Å²) in [5.74, 6) is 0.225. The Hall–Kier alpha value is -3.52. The molecule has 2 aliphatic rings. The maximum Gasteiger partial charge on any atom is 0.274 e. The van der Waals surface area contributed by atoms with Gasteiger partial charge in [-0.15, -0.1) is 11.3 Å². The molecule has 3 heterocycles. The Labute approximate surface area is 207 Å². The molecule has 6 rings (SSSR count). The lowest BCUT2D eigenvalue weighted by molar-refractivity contribution is 0.0671. The van der Waals surface area contributed by atoms with Crippen molar-refractivity contribution in [2.24, 2.45) is 0 Å². The molecule has 178 valence electrons. The summed E-state index contributed by atoms with van der Waals surface area (Å²) >= 11 is 1.65. The fraction of sp³-hybridized carbons (Fsp3) is 0.333. The van der Waals surface area contributed by atoms with Crippen LogP contribution in [0.4, 0.5) is 0 Å². The number of nitrogens with one attached hydrogen (secondary N) is 2. The molecule has 4 aromatic rings. The molecular weight excluding hydrogens is 458 g/mol. The van der Waals surface area contributed by atoms with Crippen molar-refractivity contribution in [3.05, 3.63) is 70.5 Å².